The van der Waals surface area contributed by atoms with Gasteiger partial charge in [-0.1, -0.05) is 60.7 Å². The van der Waals surface area contributed by atoms with Crippen LogP contribution in [0.4, 0.5) is 0 Å². The summed E-state index contributed by atoms with van der Waals surface area (Å²) in [6.07, 6.45) is 5.39. The van der Waals surface area contributed by atoms with E-state index in [2.05, 4.69) is 73.7 Å². The van der Waals surface area contributed by atoms with Crippen molar-refractivity contribution in [2.24, 2.45) is 0 Å². The zero-order valence-electron chi connectivity index (χ0n) is 15.1. The predicted octanol–water partition coefficient (Wildman–Crippen LogP) is 6.88. The van der Waals surface area contributed by atoms with Crippen LogP contribution in [-0.4, -0.2) is 5.11 Å². The molecule has 5 aromatic carbocycles. The van der Waals surface area contributed by atoms with E-state index in [0.29, 0.717) is 5.75 Å². The Hall–Kier alpha value is -3.32. The lowest BCUT2D eigenvalue weighted by atomic mass is 9.85. The molecule has 6 rings (SSSR count). The van der Waals surface area contributed by atoms with Crippen molar-refractivity contribution in [1.82, 2.24) is 0 Å². The fourth-order valence-electron chi connectivity index (χ4n) is 4.82. The minimum atomic E-state index is 0.354. The molecule has 0 aliphatic heterocycles. The number of fused-ring (bicyclic) bond motifs is 6. The molecule has 0 aromatic heterocycles. The first-order chi connectivity index (χ1) is 13.2. The predicted molar refractivity (Wildman–Crippen MR) is 116 cm³/mol. The van der Waals surface area contributed by atoms with E-state index >= 15 is 0 Å². The van der Waals surface area contributed by atoms with Crippen LogP contribution in [0, 0.1) is 6.92 Å². The van der Waals surface area contributed by atoms with Gasteiger partial charge in [-0.25, -0.2) is 0 Å². The lowest BCUT2D eigenvalue weighted by Crippen LogP contribution is -1.97. The van der Waals surface area contributed by atoms with Gasteiger partial charge in [-0.15, -0.1) is 0 Å². The fourth-order valence-corrected chi connectivity index (χ4v) is 4.82. The summed E-state index contributed by atoms with van der Waals surface area (Å²) in [6.45, 7) is 2.19. The molecular weight excluding hydrogens is 328 g/mol. The summed E-state index contributed by atoms with van der Waals surface area (Å²) in [4.78, 5) is 0. The van der Waals surface area contributed by atoms with Crippen molar-refractivity contribution in [3.8, 4) is 5.75 Å². The van der Waals surface area contributed by atoms with Crippen molar-refractivity contribution in [1.29, 1.82) is 0 Å². The van der Waals surface area contributed by atoms with Crippen molar-refractivity contribution in [3.05, 3.63) is 83.4 Å². The number of phenols is 1. The van der Waals surface area contributed by atoms with E-state index in [1.54, 1.807) is 0 Å². The molecule has 0 fully saturated rings. The Morgan fingerprint density at radius 3 is 2.52 bits per heavy atom. The van der Waals surface area contributed by atoms with Crippen LogP contribution in [0.1, 0.15) is 16.7 Å². The first kappa shape index (κ1) is 14.8. The lowest BCUT2D eigenvalue weighted by molar-refractivity contribution is 0.482. The number of phenolic OH excluding ortho intramolecular Hbond substituents is 1. The normalized spacial score (nSPS) is 13.2. The van der Waals surface area contributed by atoms with E-state index in [4.69, 9.17) is 0 Å². The van der Waals surface area contributed by atoms with Crippen molar-refractivity contribution < 1.29 is 5.11 Å². The molecule has 0 radical (unpaired) electrons. The summed E-state index contributed by atoms with van der Waals surface area (Å²) in [5, 5.41) is 20.3. The molecule has 1 N–H and O–H groups in total. The van der Waals surface area contributed by atoms with E-state index in [-0.39, 0.29) is 0 Å². The van der Waals surface area contributed by atoms with Gasteiger partial charge < -0.3 is 5.11 Å². The molecule has 0 amide bonds. The highest BCUT2D eigenvalue weighted by atomic mass is 16.3. The van der Waals surface area contributed by atoms with Gasteiger partial charge in [-0.3, -0.25) is 0 Å². The second kappa shape index (κ2) is 5.11. The Morgan fingerprint density at radius 1 is 0.741 bits per heavy atom. The number of rotatable bonds is 0. The third-order valence-electron chi connectivity index (χ3n) is 6.07. The molecule has 1 aliphatic carbocycles. The molecule has 1 heteroatoms. The molecule has 128 valence electrons. The van der Waals surface area contributed by atoms with Crippen LogP contribution in [-0.2, 0) is 6.42 Å². The summed E-state index contributed by atoms with van der Waals surface area (Å²) >= 11 is 0. The van der Waals surface area contributed by atoms with E-state index in [1.807, 2.05) is 6.07 Å². The van der Waals surface area contributed by atoms with Crippen LogP contribution < -0.4 is 0 Å². The molecule has 27 heavy (non-hydrogen) atoms. The Kier molecular flexibility index (Phi) is 2.80. The number of aryl methyl sites for hydroxylation is 1. The van der Waals surface area contributed by atoms with E-state index in [0.717, 1.165) is 22.6 Å². The molecule has 5 aromatic rings. The highest BCUT2D eigenvalue weighted by Gasteiger charge is 2.18. The largest absolute Gasteiger partial charge is 0.507 e. The number of hydrogen-bond acceptors (Lipinski definition) is 1. The Morgan fingerprint density at radius 2 is 1.59 bits per heavy atom. The molecule has 1 nitrogen and oxygen atoms in total. The third kappa shape index (κ3) is 1.89. The maximum absolute atomic E-state index is 10.8. The Balaban J connectivity index is 2.00. The number of allylic oxidation sites excluding steroid dienone is 1. The summed E-state index contributed by atoms with van der Waals surface area (Å²) in [5.41, 5.74) is 3.95. The maximum Gasteiger partial charge on any atom is 0.124 e. The fraction of sp³-hybridized carbons (Fsp3) is 0.0769. The summed E-state index contributed by atoms with van der Waals surface area (Å²) in [7, 11) is 0. The van der Waals surface area contributed by atoms with Gasteiger partial charge in [0.25, 0.3) is 0 Å². The van der Waals surface area contributed by atoms with Crippen molar-refractivity contribution in [3.63, 3.8) is 0 Å². The summed E-state index contributed by atoms with van der Waals surface area (Å²) in [5.74, 6) is 0.354. The van der Waals surface area contributed by atoms with Crippen LogP contribution in [0.5, 0.6) is 5.75 Å². The van der Waals surface area contributed by atoms with Gasteiger partial charge >= 0.3 is 0 Å². The number of benzene rings is 5. The summed E-state index contributed by atoms with van der Waals surface area (Å²) in [6, 6.07) is 21.3. The first-order valence-electron chi connectivity index (χ1n) is 9.41. The van der Waals surface area contributed by atoms with Crippen molar-refractivity contribution in [2.45, 2.75) is 13.3 Å². The minimum absolute atomic E-state index is 0.354. The molecule has 0 atom stereocenters. The molecule has 0 unspecified atom stereocenters. The minimum Gasteiger partial charge on any atom is -0.507 e. The molecule has 0 spiro atoms. The zero-order chi connectivity index (χ0) is 18.1. The molecule has 0 saturated carbocycles. The van der Waals surface area contributed by atoms with Crippen LogP contribution in [0.25, 0.3) is 49.2 Å². The molecule has 0 heterocycles. The average molecular weight is 346 g/mol. The standard InChI is InChI=1S/C26H18O/c1-15-9-12-21-24-17(6-4-8-19(15)24)13-22-23(27)14-18-11-10-16-5-2-3-7-20(16)25(18)26(21)22/h2-7,9-14,27H,8H2,1H3. The first-order valence-corrected chi connectivity index (χ1v) is 9.41. The van der Waals surface area contributed by atoms with Gasteiger partial charge in [0.05, 0.1) is 0 Å². The van der Waals surface area contributed by atoms with Gasteiger partial charge in [0.1, 0.15) is 5.75 Å². The molecule has 1 aliphatic rings. The quantitative estimate of drug-likeness (QED) is 0.303. The van der Waals surface area contributed by atoms with Gasteiger partial charge in [0.2, 0.25) is 0 Å². The Labute approximate surface area is 157 Å². The van der Waals surface area contributed by atoms with Crippen molar-refractivity contribution >= 4 is 49.2 Å². The average Bonchev–Trinajstić information content (AvgIpc) is 2.70. The van der Waals surface area contributed by atoms with E-state index in [9.17, 15) is 5.11 Å². The Bertz CT molecular complexity index is 1450. The van der Waals surface area contributed by atoms with Crippen LogP contribution in [0.3, 0.4) is 0 Å². The zero-order valence-corrected chi connectivity index (χ0v) is 15.1. The molecule has 0 saturated heterocycles. The number of hydrogen-bond donors (Lipinski definition) is 1. The van der Waals surface area contributed by atoms with Gasteiger partial charge in [0, 0.05) is 10.8 Å². The van der Waals surface area contributed by atoms with Crippen LogP contribution in [0.2, 0.25) is 0 Å². The van der Waals surface area contributed by atoms with Gasteiger partial charge in [0.15, 0.2) is 0 Å². The van der Waals surface area contributed by atoms with Crippen molar-refractivity contribution in [2.75, 3.05) is 0 Å². The monoisotopic (exact) mass is 346 g/mol. The summed E-state index contributed by atoms with van der Waals surface area (Å²) < 4.78 is 0. The topological polar surface area (TPSA) is 20.2 Å². The van der Waals surface area contributed by atoms with Crippen LogP contribution in [0.15, 0.2) is 66.7 Å². The highest BCUT2D eigenvalue weighted by molar-refractivity contribution is 6.30. The third-order valence-corrected chi connectivity index (χ3v) is 6.07. The van der Waals surface area contributed by atoms with E-state index < -0.39 is 0 Å². The maximum atomic E-state index is 10.8. The number of aromatic hydroxyl groups is 1. The van der Waals surface area contributed by atoms with Gasteiger partial charge in [-0.05, 0) is 74.5 Å². The molecular formula is C26H18O. The lowest BCUT2D eigenvalue weighted by Gasteiger charge is -2.19. The van der Waals surface area contributed by atoms with E-state index in [1.165, 1.54) is 43.6 Å². The SMILES string of the molecule is Cc1ccc2c3c(cc4c(O)cc5ccc6ccccc6c5c42)C=CCc13. The van der Waals surface area contributed by atoms with Crippen LogP contribution >= 0.6 is 0 Å². The molecule has 0 bridgehead atoms. The van der Waals surface area contributed by atoms with Gasteiger partial charge in [-0.2, -0.15) is 0 Å². The highest BCUT2D eigenvalue weighted by Crippen LogP contribution is 2.44. The second-order valence-electron chi connectivity index (χ2n) is 7.56. The smallest absolute Gasteiger partial charge is 0.124 e. The second-order valence-corrected chi connectivity index (χ2v) is 7.56.